The van der Waals surface area contributed by atoms with E-state index < -0.39 is 0 Å². The van der Waals surface area contributed by atoms with Crippen molar-refractivity contribution in [2.24, 2.45) is 18.5 Å². The van der Waals surface area contributed by atoms with Crippen LogP contribution in [0.4, 0.5) is 0 Å². The standard InChI is InChI=1S/C11H11N3O.C7H16N2/c1-14-9(6-15)4-7-2-3-8(11(12)13)5-10(7)14;1-9-7-4-2-6(8)3-5-7/h2-6H,1H3,(H3,12,13);6-7,9H,2-5,8H2,1H3. The van der Waals surface area contributed by atoms with Gasteiger partial charge in [0.05, 0.1) is 5.69 Å². The summed E-state index contributed by atoms with van der Waals surface area (Å²) >= 11 is 0. The number of benzene rings is 1. The number of aldehydes is 1. The van der Waals surface area contributed by atoms with Gasteiger partial charge in [0.1, 0.15) is 5.84 Å². The van der Waals surface area contributed by atoms with Gasteiger partial charge >= 0.3 is 0 Å². The van der Waals surface area contributed by atoms with Crippen LogP contribution < -0.4 is 16.8 Å². The molecule has 1 aromatic heterocycles. The largest absolute Gasteiger partial charge is 0.384 e. The van der Waals surface area contributed by atoms with E-state index in [0.717, 1.165) is 23.2 Å². The van der Waals surface area contributed by atoms with Crippen LogP contribution in [0.5, 0.6) is 0 Å². The van der Waals surface area contributed by atoms with Crippen LogP contribution in [0.1, 0.15) is 41.7 Å². The Morgan fingerprint density at radius 3 is 2.50 bits per heavy atom. The first-order chi connectivity index (χ1) is 11.5. The zero-order valence-electron chi connectivity index (χ0n) is 14.4. The number of aryl methyl sites for hydroxylation is 1. The summed E-state index contributed by atoms with van der Waals surface area (Å²) in [6, 6.07) is 8.48. The lowest BCUT2D eigenvalue weighted by atomic mass is 9.92. The van der Waals surface area contributed by atoms with Crippen molar-refractivity contribution < 1.29 is 4.79 Å². The topological polar surface area (TPSA) is 110 Å². The second-order valence-electron chi connectivity index (χ2n) is 6.33. The average molecular weight is 329 g/mol. The van der Waals surface area contributed by atoms with Gasteiger partial charge in [-0.1, -0.05) is 12.1 Å². The molecule has 6 heteroatoms. The Hall–Kier alpha value is -2.18. The number of fused-ring (bicyclic) bond motifs is 1. The first-order valence-electron chi connectivity index (χ1n) is 8.28. The fourth-order valence-corrected chi connectivity index (χ4v) is 3.04. The number of nitrogens with two attached hydrogens (primary N) is 2. The number of hydrogen-bond donors (Lipinski definition) is 4. The highest BCUT2D eigenvalue weighted by Gasteiger charge is 2.15. The van der Waals surface area contributed by atoms with Crippen molar-refractivity contribution in [2.45, 2.75) is 37.8 Å². The molecule has 1 fully saturated rings. The van der Waals surface area contributed by atoms with E-state index in [9.17, 15) is 4.79 Å². The SMILES string of the molecule is CNC1CCC(N)CC1.Cn1c(C=O)cc2ccc(C(=N)N)cc21. The van der Waals surface area contributed by atoms with Crippen molar-refractivity contribution in [3.63, 3.8) is 0 Å². The number of rotatable bonds is 3. The molecule has 0 radical (unpaired) electrons. The van der Waals surface area contributed by atoms with Crippen molar-refractivity contribution in [3.05, 3.63) is 35.5 Å². The molecule has 1 saturated carbocycles. The Bertz CT molecular complexity index is 714. The predicted molar refractivity (Wildman–Crippen MR) is 98.6 cm³/mol. The Kier molecular flexibility index (Phi) is 6.11. The second-order valence-corrected chi connectivity index (χ2v) is 6.33. The van der Waals surface area contributed by atoms with E-state index in [4.69, 9.17) is 16.9 Å². The fourth-order valence-electron chi connectivity index (χ4n) is 3.04. The number of amidine groups is 1. The molecule has 6 N–H and O–H groups in total. The molecule has 0 bridgehead atoms. The monoisotopic (exact) mass is 329 g/mol. The molecular weight excluding hydrogens is 302 g/mol. The van der Waals surface area contributed by atoms with Crippen LogP contribution in [0.2, 0.25) is 0 Å². The van der Waals surface area contributed by atoms with Gasteiger partial charge in [0.15, 0.2) is 6.29 Å². The van der Waals surface area contributed by atoms with Gasteiger partial charge in [0.25, 0.3) is 0 Å². The van der Waals surface area contributed by atoms with Crippen LogP contribution in [0, 0.1) is 5.41 Å². The number of nitrogens with one attached hydrogen (secondary N) is 2. The normalized spacial score (nSPS) is 20.3. The Morgan fingerprint density at radius 1 is 1.29 bits per heavy atom. The molecule has 1 aliphatic rings. The minimum Gasteiger partial charge on any atom is -0.384 e. The van der Waals surface area contributed by atoms with Crippen LogP contribution >= 0.6 is 0 Å². The summed E-state index contributed by atoms with van der Waals surface area (Å²) in [5.41, 5.74) is 13.3. The van der Waals surface area contributed by atoms with Crippen molar-refractivity contribution in [2.75, 3.05) is 7.05 Å². The Morgan fingerprint density at radius 2 is 1.96 bits per heavy atom. The van der Waals surface area contributed by atoms with Crippen LogP contribution in [0.15, 0.2) is 24.3 Å². The lowest BCUT2D eigenvalue weighted by molar-refractivity contribution is 0.111. The van der Waals surface area contributed by atoms with Gasteiger partial charge in [0, 0.05) is 35.6 Å². The summed E-state index contributed by atoms with van der Waals surface area (Å²) in [5, 5.41) is 11.6. The molecule has 6 nitrogen and oxygen atoms in total. The maximum Gasteiger partial charge on any atom is 0.166 e. The molecule has 0 unspecified atom stereocenters. The van der Waals surface area contributed by atoms with Crippen molar-refractivity contribution >= 4 is 23.0 Å². The van der Waals surface area contributed by atoms with Crippen molar-refractivity contribution in [1.29, 1.82) is 5.41 Å². The first-order valence-corrected chi connectivity index (χ1v) is 8.28. The van der Waals surface area contributed by atoms with Crippen LogP contribution in [0.3, 0.4) is 0 Å². The fraction of sp³-hybridized carbons (Fsp3) is 0.444. The van der Waals surface area contributed by atoms with E-state index in [-0.39, 0.29) is 5.84 Å². The second kappa shape index (κ2) is 8.08. The zero-order valence-corrected chi connectivity index (χ0v) is 14.4. The van der Waals surface area contributed by atoms with Crippen LogP contribution in [-0.4, -0.2) is 35.8 Å². The van der Waals surface area contributed by atoms with E-state index in [0.29, 0.717) is 17.3 Å². The lowest BCUT2D eigenvalue weighted by Crippen LogP contribution is -2.35. The van der Waals surface area contributed by atoms with Gasteiger partial charge < -0.3 is 21.4 Å². The van der Waals surface area contributed by atoms with Crippen molar-refractivity contribution in [3.8, 4) is 0 Å². The third-order valence-electron chi connectivity index (χ3n) is 4.69. The summed E-state index contributed by atoms with van der Waals surface area (Å²) in [5.74, 6) is 0.0331. The summed E-state index contributed by atoms with van der Waals surface area (Å²) in [6.07, 6.45) is 5.74. The van der Waals surface area contributed by atoms with Gasteiger partial charge in [-0.05, 0) is 44.9 Å². The summed E-state index contributed by atoms with van der Waals surface area (Å²) in [6.45, 7) is 0. The maximum atomic E-state index is 10.7. The molecule has 1 aromatic carbocycles. The quantitative estimate of drug-likeness (QED) is 0.390. The Balaban J connectivity index is 0.000000198. The maximum absolute atomic E-state index is 10.7. The minimum atomic E-state index is 0.0331. The molecule has 3 rings (SSSR count). The number of aromatic nitrogens is 1. The third-order valence-corrected chi connectivity index (χ3v) is 4.69. The number of nitrogens with zero attached hydrogens (tertiary/aromatic N) is 1. The van der Waals surface area contributed by atoms with Gasteiger partial charge in [-0.15, -0.1) is 0 Å². The molecule has 24 heavy (non-hydrogen) atoms. The van der Waals surface area contributed by atoms with Gasteiger partial charge in [-0.25, -0.2) is 0 Å². The number of carbonyl (C=O) groups is 1. The molecule has 130 valence electrons. The summed E-state index contributed by atoms with van der Waals surface area (Å²) in [7, 11) is 3.84. The molecular formula is C18H27N5O. The van der Waals surface area contributed by atoms with Gasteiger partial charge in [0.2, 0.25) is 0 Å². The van der Waals surface area contributed by atoms with Gasteiger partial charge in [-0.3, -0.25) is 10.2 Å². The molecule has 1 aliphatic carbocycles. The Labute approximate surface area is 142 Å². The average Bonchev–Trinajstić information content (AvgIpc) is 2.92. The molecule has 2 aromatic rings. The summed E-state index contributed by atoms with van der Waals surface area (Å²) < 4.78 is 1.79. The van der Waals surface area contributed by atoms with E-state index in [2.05, 4.69) is 5.32 Å². The van der Waals surface area contributed by atoms with E-state index in [1.165, 1.54) is 25.7 Å². The molecule has 0 atom stereocenters. The van der Waals surface area contributed by atoms with E-state index in [1.807, 2.05) is 32.3 Å². The molecule has 0 aliphatic heterocycles. The molecule has 0 spiro atoms. The van der Waals surface area contributed by atoms with Gasteiger partial charge in [-0.2, -0.15) is 0 Å². The number of carbonyl (C=O) groups excluding carboxylic acids is 1. The lowest BCUT2D eigenvalue weighted by Gasteiger charge is -2.25. The zero-order chi connectivity index (χ0) is 17.7. The number of hydrogen-bond acceptors (Lipinski definition) is 4. The highest BCUT2D eigenvalue weighted by atomic mass is 16.1. The van der Waals surface area contributed by atoms with Crippen LogP contribution in [-0.2, 0) is 7.05 Å². The smallest absolute Gasteiger partial charge is 0.166 e. The highest BCUT2D eigenvalue weighted by Crippen LogP contribution is 2.19. The third kappa shape index (κ3) is 4.21. The predicted octanol–water partition coefficient (Wildman–Crippen LogP) is 1.75. The van der Waals surface area contributed by atoms with Crippen LogP contribution in [0.25, 0.3) is 10.9 Å². The highest BCUT2D eigenvalue weighted by molar-refractivity contribution is 5.99. The number of nitrogen functional groups attached to an aromatic ring is 1. The molecule has 1 heterocycles. The van der Waals surface area contributed by atoms with E-state index in [1.54, 1.807) is 10.6 Å². The molecule has 0 amide bonds. The minimum absolute atomic E-state index is 0.0331. The summed E-state index contributed by atoms with van der Waals surface area (Å²) in [4.78, 5) is 10.7. The van der Waals surface area contributed by atoms with E-state index >= 15 is 0 Å². The first kappa shape index (κ1) is 18.2. The molecule has 0 saturated heterocycles. The van der Waals surface area contributed by atoms with Crippen molar-refractivity contribution in [1.82, 2.24) is 9.88 Å².